The third-order valence-electron chi connectivity index (χ3n) is 3.52. The van der Waals surface area contributed by atoms with Crippen LogP contribution < -0.4 is 0 Å². The molecule has 0 saturated carbocycles. The van der Waals surface area contributed by atoms with Crippen LogP contribution in [0.1, 0.15) is 41.5 Å². The van der Waals surface area contributed by atoms with Crippen molar-refractivity contribution < 1.29 is 4.79 Å². The quantitative estimate of drug-likeness (QED) is 0.738. The summed E-state index contributed by atoms with van der Waals surface area (Å²) in [5, 5.41) is 0. The molecule has 0 aromatic heterocycles. The van der Waals surface area contributed by atoms with Crippen LogP contribution in [-0.4, -0.2) is 53.8 Å². The fraction of sp³-hybridized carbons (Fsp3) is 0.929. The molecular formula is C14H28N2O. The van der Waals surface area contributed by atoms with Crippen LogP contribution in [0.2, 0.25) is 0 Å². The van der Waals surface area contributed by atoms with E-state index in [0.29, 0.717) is 12.3 Å². The van der Waals surface area contributed by atoms with Gasteiger partial charge in [-0.1, -0.05) is 20.8 Å². The van der Waals surface area contributed by atoms with Crippen molar-refractivity contribution in [3.05, 3.63) is 0 Å². The van der Waals surface area contributed by atoms with E-state index in [1.165, 1.54) is 0 Å². The molecule has 1 saturated heterocycles. The van der Waals surface area contributed by atoms with Crippen LogP contribution in [0.5, 0.6) is 0 Å². The van der Waals surface area contributed by atoms with Gasteiger partial charge in [-0.25, -0.2) is 0 Å². The fourth-order valence-electron chi connectivity index (χ4n) is 2.02. The zero-order valence-electron chi connectivity index (χ0n) is 12.3. The zero-order valence-corrected chi connectivity index (χ0v) is 12.3. The van der Waals surface area contributed by atoms with Gasteiger partial charge in [0.2, 0.25) is 0 Å². The maximum atomic E-state index is 12.0. The van der Waals surface area contributed by atoms with E-state index in [1.807, 2.05) is 20.8 Å². The van der Waals surface area contributed by atoms with Crippen molar-refractivity contribution in [2.45, 2.75) is 47.1 Å². The molecule has 3 nitrogen and oxygen atoms in total. The smallest absolute Gasteiger partial charge is 0.152 e. The van der Waals surface area contributed by atoms with Gasteiger partial charge in [-0.15, -0.1) is 0 Å². The Morgan fingerprint density at radius 1 is 0.941 bits per heavy atom. The largest absolute Gasteiger partial charge is 0.298 e. The summed E-state index contributed by atoms with van der Waals surface area (Å²) in [5.74, 6) is 0.349. The van der Waals surface area contributed by atoms with Crippen molar-refractivity contribution in [3.8, 4) is 0 Å². The molecule has 100 valence electrons. The predicted molar refractivity (Wildman–Crippen MR) is 72.2 cm³/mol. The number of hydrogen-bond acceptors (Lipinski definition) is 3. The molecule has 0 atom stereocenters. The number of nitrogens with zero attached hydrogens (tertiary/aromatic N) is 2. The lowest BCUT2D eigenvalue weighted by Gasteiger charge is -2.42. The second-order valence-electron chi connectivity index (χ2n) is 7.11. The first-order valence-corrected chi connectivity index (χ1v) is 6.61. The summed E-state index contributed by atoms with van der Waals surface area (Å²) in [5.41, 5.74) is 0.0429. The Balaban J connectivity index is 2.41. The lowest BCUT2D eigenvalue weighted by molar-refractivity contribution is -0.128. The van der Waals surface area contributed by atoms with Gasteiger partial charge in [0.05, 0.1) is 6.54 Å². The van der Waals surface area contributed by atoms with Gasteiger partial charge in [0, 0.05) is 37.1 Å². The average molecular weight is 240 g/mol. The number of ketones is 1. The number of Topliss-reactive ketones (excluding diaryl/α,β-unsaturated/α-hetero) is 1. The molecule has 0 aromatic rings. The summed E-state index contributed by atoms with van der Waals surface area (Å²) in [6, 6.07) is 0. The molecule has 0 amide bonds. The molecule has 0 spiro atoms. The maximum absolute atomic E-state index is 12.0. The molecule has 0 N–H and O–H groups in total. The molecule has 1 rings (SSSR count). The first-order valence-electron chi connectivity index (χ1n) is 6.61. The van der Waals surface area contributed by atoms with Gasteiger partial charge in [-0.3, -0.25) is 14.6 Å². The van der Waals surface area contributed by atoms with Crippen molar-refractivity contribution in [3.63, 3.8) is 0 Å². The Hall–Kier alpha value is -0.410. The average Bonchev–Trinajstić information content (AvgIpc) is 2.15. The number of hydrogen-bond donors (Lipinski definition) is 0. The molecule has 1 heterocycles. The van der Waals surface area contributed by atoms with Crippen molar-refractivity contribution in [1.82, 2.24) is 9.80 Å². The summed E-state index contributed by atoms with van der Waals surface area (Å²) in [6.07, 6.45) is 0. The Labute approximate surface area is 106 Å². The van der Waals surface area contributed by atoms with Gasteiger partial charge >= 0.3 is 0 Å². The summed E-state index contributed by atoms with van der Waals surface area (Å²) >= 11 is 0. The molecule has 1 aliphatic rings. The minimum absolute atomic E-state index is 0.207. The maximum Gasteiger partial charge on any atom is 0.152 e. The first kappa shape index (κ1) is 14.7. The molecule has 0 radical (unpaired) electrons. The van der Waals surface area contributed by atoms with Crippen LogP contribution in [0, 0.1) is 5.41 Å². The topological polar surface area (TPSA) is 23.6 Å². The van der Waals surface area contributed by atoms with Crippen molar-refractivity contribution in [1.29, 1.82) is 0 Å². The Morgan fingerprint density at radius 2 is 1.41 bits per heavy atom. The van der Waals surface area contributed by atoms with E-state index < -0.39 is 0 Å². The van der Waals surface area contributed by atoms with Crippen LogP contribution >= 0.6 is 0 Å². The molecule has 17 heavy (non-hydrogen) atoms. The number of rotatable bonds is 2. The van der Waals surface area contributed by atoms with Gasteiger partial charge in [0.1, 0.15) is 0 Å². The highest BCUT2D eigenvalue weighted by Crippen LogP contribution is 2.18. The molecule has 1 aliphatic heterocycles. The molecule has 0 bridgehead atoms. The van der Waals surface area contributed by atoms with E-state index >= 15 is 0 Å². The van der Waals surface area contributed by atoms with E-state index in [0.717, 1.165) is 26.2 Å². The number of carbonyl (C=O) groups excluding carboxylic acids is 1. The van der Waals surface area contributed by atoms with Crippen LogP contribution in [0.4, 0.5) is 0 Å². The van der Waals surface area contributed by atoms with Crippen molar-refractivity contribution in [2.24, 2.45) is 5.41 Å². The van der Waals surface area contributed by atoms with Gasteiger partial charge in [0.25, 0.3) is 0 Å². The highest BCUT2D eigenvalue weighted by molar-refractivity contribution is 5.85. The molecule has 3 heteroatoms. The van der Waals surface area contributed by atoms with E-state index in [4.69, 9.17) is 0 Å². The van der Waals surface area contributed by atoms with Crippen molar-refractivity contribution >= 4 is 5.78 Å². The molecule has 0 aromatic carbocycles. The fourth-order valence-corrected chi connectivity index (χ4v) is 2.02. The standard InChI is InChI=1S/C14H28N2O/c1-13(2,3)12(17)11-15-7-9-16(10-8-15)14(4,5)6/h7-11H2,1-6H3. The van der Waals surface area contributed by atoms with Gasteiger partial charge in [-0.2, -0.15) is 0 Å². The zero-order chi connectivity index (χ0) is 13.3. The Kier molecular flexibility index (Phi) is 4.37. The minimum Gasteiger partial charge on any atom is -0.298 e. The SMILES string of the molecule is CC(C)(C)C(=O)CN1CCN(C(C)(C)C)CC1. The lowest BCUT2D eigenvalue weighted by Crippen LogP contribution is -2.54. The highest BCUT2D eigenvalue weighted by Gasteiger charge is 2.28. The van der Waals surface area contributed by atoms with E-state index in [-0.39, 0.29) is 11.0 Å². The highest BCUT2D eigenvalue weighted by atomic mass is 16.1. The van der Waals surface area contributed by atoms with Crippen LogP contribution in [-0.2, 0) is 4.79 Å². The van der Waals surface area contributed by atoms with Crippen molar-refractivity contribution in [2.75, 3.05) is 32.7 Å². The van der Waals surface area contributed by atoms with E-state index in [2.05, 4.69) is 30.6 Å². The van der Waals surface area contributed by atoms with E-state index in [9.17, 15) is 4.79 Å². The first-order chi connectivity index (χ1) is 7.60. The Morgan fingerprint density at radius 3 is 1.76 bits per heavy atom. The molecule has 0 unspecified atom stereocenters. The summed E-state index contributed by atoms with van der Waals surface area (Å²) in [7, 11) is 0. The van der Waals surface area contributed by atoms with Gasteiger partial charge in [-0.05, 0) is 20.8 Å². The summed E-state index contributed by atoms with van der Waals surface area (Å²) in [6.45, 7) is 17.5. The lowest BCUT2D eigenvalue weighted by atomic mass is 9.90. The normalized spacial score (nSPS) is 20.6. The molecule has 1 fully saturated rings. The molecular weight excluding hydrogens is 212 g/mol. The third kappa shape index (κ3) is 4.40. The minimum atomic E-state index is -0.207. The van der Waals surface area contributed by atoms with E-state index in [1.54, 1.807) is 0 Å². The monoisotopic (exact) mass is 240 g/mol. The van der Waals surface area contributed by atoms with Gasteiger partial charge in [0.15, 0.2) is 5.78 Å². The number of carbonyl (C=O) groups is 1. The van der Waals surface area contributed by atoms with Crippen LogP contribution in [0.25, 0.3) is 0 Å². The van der Waals surface area contributed by atoms with Crippen LogP contribution in [0.3, 0.4) is 0 Å². The third-order valence-corrected chi connectivity index (χ3v) is 3.52. The second kappa shape index (κ2) is 5.07. The summed E-state index contributed by atoms with van der Waals surface area (Å²) < 4.78 is 0. The van der Waals surface area contributed by atoms with Gasteiger partial charge < -0.3 is 0 Å². The number of piperazine rings is 1. The summed E-state index contributed by atoms with van der Waals surface area (Å²) in [4.78, 5) is 16.7. The molecule has 0 aliphatic carbocycles. The predicted octanol–water partition coefficient (Wildman–Crippen LogP) is 2.02. The van der Waals surface area contributed by atoms with Crippen LogP contribution in [0.15, 0.2) is 0 Å². The Bertz CT molecular complexity index is 265. The second-order valence-corrected chi connectivity index (χ2v) is 7.11.